The van der Waals surface area contributed by atoms with Crippen molar-refractivity contribution in [1.82, 2.24) is 0 Å². The molecule has 1 amide bonds. The first-order chi connectivity index (χ1) is 17.2. The zero-order valence-electron chi connectivity index (χ0n) is 21.5. The number of hydrogen-bond acceptors (Lipinski definition) is 3. The Kier molecular flexibility index (Phi) is 7.16. The molecule has 2 aromatic rings. The second kappa shape index (κ2) is 9.76. The summed E-state index contributed by atoms with van der Waals surface area (Å²) in [5.41, 5.74) is 0.301. The van der Waals surface area contributed by atoms with E-state index in [0.29, 0.717) is 24.3 Å². The lowest BCUT2D eigenvalue weighted by atomic mass is 9.85. The molecule has 0 aliphatic heterocycles. The van der Waals surface area contributed by atoms with Gasteiger partial charge >= 0.3 is 12.1 Å². The molecule has 200 valence electrons. The van der Waals surface area contributed by atoms with Crippen LogP contribution in [0.15, 0.2) is 42.5 Å². The summed E-state index contributed by atoms with van der Waals surface area (Å²) < 4.78 is 61.4. The standard InChI is InChI=1S/C29H33F4NO3/c1-17(29(31,32)33)24(21-10-8-20(9-11-21)19-6-7-19)25(35)34-23-15-18(5-12-22(23)30)16-28(13-14-28)26(36)37-27(2,3)4/h5,8-12,15,17,19,24H,6-7,13-14,16H2,1-4H3,(H,34,35)/t17-,24+/m1/s1. The summed E-state index contributed by atoms with van der Waals surface area (Å²) in [6.07, 6.45) is -0.981. The molecule has 0 spiro atoms. The van der Waals surface area contributed by atoms with E-state index in [2.05, 4.69) is 5.32 Å². The third-order valence-corrected chi connectivity index (χ3v) is 7.16. The molecule has 0 heterocycles. The van der Waals surface area contributed by atoms with Crippen molar-refractivity contribution in [2.24, 2.45) is 11.3 Å². The van der Waals surface area contributed by atoms with Crippen LogP contribution in [0, 0.1) is 17.2 Å². The lowest BCUT2D eigenvalue weighted by Crippen LogP contribution is -2.34. The average Bonchev–Trinajstić information content (AvgIpc) is 3.70. The largest absolute Gasteiger partial charge is 0.460 e. The van der Waals surface area contributed by atoms with Crippen molar-refractivity contribution in [3.05, 3.63) is 65.0 Å². The predicted octanol–water partition coefficient (Wildman–Crippen LogP) is 7.29. The van der Waals surface area contributed by atoms with Crippen LogP contribution in [0.4, 0.5) is 23.2 Å². The summed E-state index contributed by atoms with van der Waals surface area (Å²) in [4.78, 5) is 25.9. The molecule has 4 rings (SSSR count). The van der Waals surface area contributed by atoms with Gasteiger partial charge in [-0.25, -0.2) is 4.39 Å². The quantitative estimate of drug-likeness (QED) is 0.294. The van der Waals surface area contributed by atoms with E-state index in [0.717, 1.165) is 31.4 Å². The van der Waals surface area contributed by atoms with Crippen molar-refractivity contribution >= 4 is 17.6 Å². The molecule has 0 unspecified atom stereocenters. The first kappa shape index (κ1) is 27.1. The highest BCUT2D eigenvalue weighted by Gasteiger charge is 2.52. The van der Waals surface area contributed by atoms with Gasteiger partial charge in [-0.2, -0.15) is 13.2 Å². The number of halogens is 4. The second-order valence-electron chi connectivity index (χ2n) is 11.5. The maximum absolute atomic E-state index is 14.7. The van der Waals surface area contributed by atoms with E-state index in [1.165, 1.54) is 12.1 Å². The second-order valence-corrected chi connectivity index (χ2v) is 11.5. The molecule has 37 heavy (non-hydrogen) atoms. The maximum atomic E-state index is 14.7. The van der Waals surface area contributed by atoms with Crippen molar-refractivity contribution in [3.8, 4) is 0 Å². The number of esters is 1. The Morgan fingerprint density at radius 2 is 1.68 bits per heavy atom. The molecule has 0 bridgehead atoms. The van der Waals surface area contributed by atoms with Gasteiger partial charge in [0, 0.05) is 0 Å². The van der Waals surface area contributed by atoms with Gasteiger partial charge in [0.15, 0.2) is 0 Å². The van der Waals surface area contributed by atoms with Crippen LogP contribution in [0.2, 0.25) is 0 Å². The summed E-state index contributed by atoms with van der Waals surface area (Å²) in [6, 6.07) is 10.7. The van der Waals surface area contributed by atoms with Crippen LogP contribution in [0.25, 0.3) is 0 Å². The Balaban J connectivity index is 1.55. The van der Waals surface area contributed by atoms with Gasteiger partial charge < -0.3 is 10.1 Å². The molecule has 8 heteroatoms. The van der Waals surface area contributed by atoms with E-state index in [-0.39, 0.29) is 23.6 Å². The number of rotatable bonds is 8. The predicted molar refractivity (Wildman–Crippen MR) is 133 cm³/mol. The van der Waals surface area contributed by atoms with Crippen molar-refractivity contribution in [2.45, 2.75) is 83.4 Å². The van der Waals surface area contributed by atoms with Crippen molar-refractivity contribution in [2.75, 3.05) is 5.32 Å². The Bertz CT molecular complexity index is 1160. The minimum absolute atomic E-state index is 0.212. The minimum Gasteiger partial charge on any atom is -0.460 e. The molecule has 2 aliphatic rings. The molecule has 2 saturated carbocycles. The van der Waals surface area contributed by atoms with Crippen LogP contribution in [-0.4, -0.2) is 23.7 Å². The zero-order valence-corrected chi connectivity index (χ0v) is 21.5. The van der Waals surface area contributed by atoms with Gasteiger partial charge in [0.25, 0.3) is 0 Å². The van der Waals surface area contributed by atoms with E-state index >= 15 is 0 Å². The number of carbonyl (C=O) groups is 2. The zero-order chi connectivity index (χ0) is 27.2. The molecule has 0 radical (unpaired) electrons. The van der Waals surface area contributed by atoms with Crippen LogP contribution < -0.4 is 5.32 Å². The fourth-order valence-corrected chi connectivity index (χ4v) is 4.62. The molecule has 1 N–H and O–H groups in total. The van der Waals surface area contributed by atoms with Crippen LogP contribution in [0.3, 0.4) is 0 Å². The first-order valence-corrected chi connectivity index (χ1v) is 12.7. The van der Waals surface area contributed by atoms with E-state index < -0.39 is 40.8 Å². The van der Waals surface area contributed by atoms with Crippen LogP contribution in [0.5, 0.6) is 0 Å². The maximum Gasteiger partial charge on any atom is 0.392 e. The normalized spacial score (nSPS) is 18.6. The number of nitrogens with one attached hydrogen (secondary N) is 1. The highest BCUT2D eigenvalue weighted by atomic mass is 19.4. The molecule has 0 aromatic heterocycles. The van der Waals surface area contributed by atoms with Gasteiger partial charge in [-0.15, -0.1) is 0 Å². The molecule has 2 fully saturated rings. The van der Waals surface area contributed by atoms with E-state index in [1.807, 2.05) is 0 Å². The number of alkyl halides is 3. The number of hydrogen-bond donors (Lipinski definition) is 1. The molecule has 2 aromatic carbocycles. The molecular formula is C29H33F4NO3. The third kappa shape index (κ3) is 6.51. The topological polar surface area (TPSA) is 55.4 Å². The van der Waals surface area contributed by atoms with E-state index in [4.69, 9.17) is 4.74 Å². The van der Waals surface area contributed by atoms with Gasteiger partial charge in [0.2, 0.25) is 5.91 Å². The number of carbonyl (C=O) groups excluding carboxylic acids is 2. The summed E-state index contributed by atoms with van der Waals surface area (Å²) in [5.74, 6) is -5.13. The molecular weight excluding hydrogens is 486 g/mol. The van der Waals surface area contributed by atoms with Crippen molar-refractivity contribution in [3.63, 3.8) is 0 Å². The number of amides is 1. The minimum atomic E-state index is -4.62. The van der Waals surface area contributed by atoms with Crippen molar-refractivity contribution in [1.29, 1.82) is 0 Å². The van der Waals surface area contributed by atoms with Crippen molar-refractivity contribution < 1.29 is 31.9 Å². The molecule has 2 atom stereocenters. The fraction of sp³-hybridized carbons (Fsp3) is 0.517. The Morgan fingerprint density at radius 3 is 2.19 bits per heavy atom. The van der Waals surface area contributed by atoms with E-state index in [9.17, 15) is 27.2 Å². The monoisotopic (exact) mass is 519 g/mol. The fourth-order valence-electron chi connectivity index (χ4n) is 4.62. The lowest BCUT2D eigenvalue weighted by molar-refractivity contribution is -0.178. The van der Waals surface area contributed by atoms with Crippen LogP contribution in [-0.2, 0) is 20.7 Å². The number of benzene rings is 2. The number of anilines is 1. The third-order valence-electron chi connectivity index (χ3n) is 7.16. The van der Waals surface area contributed by atoms with Gasteiger partial charge in [-0.3, -0.25) is 9.59 Å². The molecule has 4 nitrogen and oxygen atoms in total. The highest BCUT2D eigenvalue weighted by molar-refractivity contribution is 5.96. The van der Waals surface area contributed by atoms with Gasteiger partial charge in [0.1, 0.15) is 11.4 Å². The van der Waals surface area contributed by atoms with Gasteiger partial charge in [-0.05, 0) is 87.6 Å². The van der Waals surface area contributed by atoms with Gasteiger partial charge in [-0.1, -0.05) is 37.3 Å². The smallest absolute Gasteiger partial charge is 0.392 e. The SMILES string of the molecule is C[C@H]([C@H](C(=O)Nc1cc(CC2(C(=O)OC(C)(C)C)CC2)ccc1F)c1ccc(C2CC2)cc1)C(F)(F)F. The van der Waals surface area contributed by atoms with Crippen LogP contribution >= 0.6 is 0 Å². The summed E-state index contributed by atoms with van der Waals surface area (Å²) in [5, 5.41) is 2.40. The Morgan fingerprint density at radius 1 is 1.05 bits per heavy atom. The number of ether oxygens (including phenoxy) is 1. The van der Waals surface area contributed by atoms with Crippen LogP contribution in [0.1, 0.15) is 81.9 Å². The Hall–Kier alpha value is -2.90. The first-order valence-electron chi connectivity index (χ1n) is 12.7. The van der Waals surface area contributed by atoms with Gasteiger partial charge in [0.05, 0.1) is 22.9 Å². The molecule has 0 saturated heterocycles. The summed E-state index contributed by atoms with van der Waals surface area (Å²) in [6.45, 7) is 6.31. The Labute approximate surface area is 214 Å². The van der Waals surface area contributed by atoms with E-state index in [1.54, 1.807) is 45.0 Å². The highest BCUT2D eigenvalue weighted by Crippen LogP contribution is 2.50. The summed E-state index contributed by atoms with van der Waals surface area (Å²) in [7, 11) is 0. The lowest BCUT2D eigenvalue weighted by Gasteiger charge is -2.26. The summed E-state index contributed by atoms with van der Waals surface area (Å²) >= 11 is 0. The average molecular weight is 520 g/mol. The molecule has 2 aliphatic carbocycles.